The second-order valence-corrected chi connectivity index (χ2v) is 11.9. The lowest BCUT2D eigenvalue weighted by Crippen LogP contribution is -2.36. The lowest BCUT2D eigenvalue weighted by molar-refractivity contribution is 0.0827. The number of likely N-dealkylation sites (N-methyl/N-ethyl adjacent to an activating group) is 1. The third kappa shape index (κ3) is 6.75. The topological polar surface area (TPSA) is 108 Å². The number of rotatable bonds is 12. The van der Waals surface area contributed by atoms with Crippen LogP contribution in [0.1, 0.15) is 38.1 Å². The van der Waals surface area contributed by atoms with E-state index in [1.54, 1.807) is 14.1 Å². The Bertz CT molecular complexity index is 1190. The van der Waals surface area contributed by atoms with Crippen molar-refractivity contribution in [3.05, 3.63) is 45.8 Å². The molecule has 0 fully saturated rings. The van der Waals surface area contributed by atoms with E-state index < -0.39 is 15.9 Å². The standard InChI is InChI=1S/C25H36N4O6S2/c1-6-28-12-11-20-21(17-28)36-24(22(20)25(31)27(2)3)26-23(30)18-7-9-19(10-8-18)37(32,33)29(13-15-34-4)14-16-35-5/h7-10H,6,11-17H2,1-5H3,(H,26,30). The molecule has 0 saturated heterocycles. The summed E-state index contributed by atoms with van der Waals surface area (Å²) in [7, 11) is 2.61. The molecule has 1 aromatic heterocycles. The van der Waals surface area contributed by atoms with Crippen LogP contribution in [0.25, 0.3) is 0 Å². The number of carbonyl (C=O) groups is 2. The number of benzene rings is 1. The van der Waals surface area contributed by atoms with Gasteiger partial charge in [-0.15, -0.1) is 11.3 Å². The maximum atomic E-state index is 13.1. The van der Waals surface area contributed by atoms with Crippen molar-refractivity contribution in [3.8, 4) is 0 Å². The molecule has 2 amide bonds. The second-order valence-electron chi connectivity index (χ2n) is 8.89. The highest BCUT2D eigenvalue weighted by atomic mass is 32.2. The number of ether oxygens (including phenoxy) is 2. The molecule has 0 radical (unpaired) electrons. The van der Waals surface area contributed by atoms with E-state index in [2.05, 4.69) is 17.1 Å². The Morgan fingerprint density at radius 1 is 1.08 bits per heavy atom. The zero-order chi connectivity index (χ0) is 27.2. The van der Waals surface area contributed by atoms with Gasteiger partial charge in [0.05, 0.1) is 23.7 Å². The van der Waals surface area contributed by atoms with Gasteiger partial charge >= 0.3 is 0 Å². The normalized spacial score (nSPS) is 14.0. The van der Waals surface area contributed by atoms with Crippen LogP contribution in [-0.2, 0) is 32.5 Å². The highest BCUT2D eigenvalue weighted by molar-refractivity contribution is 7.89. The van der Waals surface area contributed by atoms with Crippen LogP contribution < -0.4 is 5.32 Å². The Morgan fingerprint density at radius 3 is 2.24 bits per heavy atom. The summed E-state index contributed by atoms with van der Waals surface area (Å²) in [5.74, 6) is -0.551. The molecule has 0 saturated carbocycles. The second kappa shape index (κ2) is 12.9. The zero-order valence-electron chi connectivity index (χ0n) is 22.1. The van der Waals surface area contributed by atoms with E-state index in [0.717, 1.165) is 36.5 Å². The van der Waals surface area contributed by atoms with Gasteiger partial charge in [-0.1, -0.05) is 6.92 Å². The van der Waals surface area contributed by atoms with Gasteiger partial charge in [-0.05, 0) is 42.8 Å². The van der Waals surface area contributed by atoms with Crippen LogP contribution >= 0.6 is 11.3 Å². The van der Waals surface area contributed by atoms with Crippen molar-refractivity contribution < 1.29 is 27.5 Å². The summed E-state index contributed by atoms with van der Waals surface area (Å²) in [6, 6.07) is 5.79. The van der Waals surface area contributed by atoms with Crippen molar-refractivity contribution in [2.24, 2.45) is 0 Å². The van der Waals surface area contributed by atoms with Gasteiger partial charge in [-0.3, -0.25) is 14.5 Å². The monoisotopic (exact) mass is 552 g/mol. The number of hydrogen-bond acceptors (Lipinski definition) is 8. The molecule has 0 unspecified atom stereocenters. The van der Waals surface area contributed by atoms with Crippen molar-refractivity contribution >= 4 is 38.2 Å². The molecule has 2 heterocycles. The fraction of sp³-hybridized carbons (Fsp3) is 0.520. The molecule has 37 heavy (non-hydrogen) atoms. The number of nitrogens with one attached hydrogen (secondary N) is 1. The van der Waals surface area contributed by atoms with Crippen LogP contribution in [0.2, 0.25) is 0 Å². The molecule has 0 spiro atoms. The maximum absolute atomic E-state index is 13.1. The lowest BCUT2D eigenvalue weighted by Gasteiger charge is -2.25. The Hall–Kier alpha value is -2.35. The third-order valence-corrected chi connectivity index (χ3v) is 9.32. The van der Waals surface area contributed by atoms with Crippen LogP contribution in [0.5, 0.6) is 0 Å². The molecule has 204 valence electrons. The summed E-state index contributed by atoms with van der Waals surface area (Å²) >= 11 is 1.43. The molecular formula is C25H36N4O6S2. The molecule has 12 heteroatoms. The number of fused-ring (bicyclic) bond motifs is 1. The molecule has 3 rings (SSSR count). The van der Waals surface area contributed by atoms with Crippen LogP contribution in [0.3, 0.4) is 0 Å². The molecule has 10 nitrogen and oxygen atoms in total. The molecule has 1 aliphatic heterocycles. The Labute approximate surface area is 223 Å². The molecular weight excluding hydrogens is 516 g/mol. The maximum Gasteiger partial charge on any atom is 0.256 e. The van der Waals surface area contributed by atoms with E-state index >= 15 is 0 Å². The first-order valence-electron chi connectivity index (χ1n) is 12.1. The number of sulfonamides is 1. The van der Waals surface area contributed by atoms with Crippen molar-refractivity contribution in [1.82, 2.24) is 14.1 Å². The average Bonchev–Trinajstić information content (AvgIpc) is 3.24. The van der Waals surface area contributed by atoms with Gasteiger partial charge < -0.3 is 19.7 Å². The van der Waals surface area contributed by atoms with Gasteiger partial charge in [0.25, 0.3) is 11.8 Å². The van der Waals surface area contributed by atoms with Gasteiger partial charge in [0.1, 0.15) is 5.00 Å². The van der Waals surface area contributed by atoms with Crippen LogP contribution in [-0.4, -0.2) is 102 Å². The van der Waals surface area contributed by atoms with Crippen LogP contribution in [0.4, 0.5) is 5.00 Å². The summed E-state index contributed by atoms with van der Waals surface area (Å²) in [5.41, 5.74) is 1.83. The van der Waals surface area contributed by atoms with Crippen molar-refractivity contribution in [2.75, 3.05) is 73.0 Å². The van der Waals surface area contributed by atoms with Crippen LogP contribution in [0.15, 0.2) is 29.2 Å². The largest absolute Gasteiger partial charge is 0.383 e. The average molecular weight is 553 g/mol. The van der Waals surface area contributed by atoms with E-state index in [1.807, 2.05) is 0 Å². The fourth-order valence-corrected chi connectivity index (χ4v) is 6.79. The minimum atomic E-state index is -3.80. The molecule has 2 aromatic rings. The van der Waals surface area contributed by atoms with E-state index in [1.165, 1.54) is 59.0 Å². The molecule has 0 aliphatic carbocycles. The molecule has 1 aliphatic rings. The number of carbonyl (C=O) groups excluding carboxylic acids is 2. The first kappa shape index (κ1) is 29.2. The summed E-state index contributed by atoms with van der Waals surface area (Å²) in [5, 5.41) is 3.43. The zero-order valence-corrected chi connectivity index (χ0v) is 23.7. The predicted octanol–water partition coefficient (Wildman–Crippen LogP) is 2.36. The number of thiophene rings is 1. The molecule has 0 atom stereocenters. The predicted molar refractivity (Wildman–Crippen MR) is 144 cm³/mol. The third-order valence-electron chi connectivity index (χ3n) is 6.27. The van der Waals surface area contributed by atoms with Gasteiger partial charge in [0.2, 0.25) is 10.0 Å². The number of hydrogen-bond donors (Lipinski definition) is 1. The minimum Gasteiger partial charge on any atom is -0.383 e. The summed E-state index contributed by atoms with van der Waals surface area (Å²) in [6.45, 7) is 5.50. The van der Waals surface area contributed by atoms with Crippen molar-refractivity contribution in [3.63, 3.8) is 0 Å². The van der Waals surface area contributed by atoms with E-state index in [-0.39, 0.29) is 37.1 Å². The molecule has 1 aromatic carbocycles. The van der Waals surface area contributed by atoms with E-state index in [0.29, 0.717) is 16.1 Å². The SMILES string of the molecule is CCN1CCc2c(sc(NC(=O)c3ccc(S(=O)(=O)N(CCOC)CCOC)cc3)c2C(=O)N(C)C)C1. The quantitative estimate of drug-likeness (QED) is 0.431. The first-order chi connectivity index (χ1) is 17.6. The minimum absolute atomic E-state index is 0.0750. The summed E-state index contributed by atoms with van der Waals surface area (Å²) < 4.78 is 37.7. The van der Waals surface area contributed by atoms with Crippen LogP contribution in [0, 0.1) is 0 Å². The Morgan fingerprint density at radius 2 is 1.70 bits per heavy atom. The first-order valence-corrected chi connectivity index (χ1v) is 14.4. The summed E-state index contributed by atoms with van der Waals surface area (Å²) in [4.78, 5) is 31.1. The Kier molecular flexibility index (Phi) is 10.2. The van der Waals surface area contributed by atoms with Gasteiger partial charge in [-0.25, -0.2) is 8.42 Å². The number of nitrogens with zero attached hydrogens (tertiary/aromatic N) is 3. The Balaban J connectivity index is 1.84. The lowest BCUT2D eigenvalue weighted by atomic mass is 10.0. The number of amides is 2. The van der Waals surface area contributed by atoms with E-state index in [4.69, 9.17) is 9.47 Å². The summed E-state index contributed by atoms with van der Waals surface area (Å²) in [6.07, 6.45) is 0.750. The smallest absolute Gasteiger partial charge is 0.256 e. The van der Waals surface area contributed by atoms with Crippen molar-refractivity contribution in [1.29, 1.82) is 0 Å². The number of methoxy groups -OCH3 is 2. The molecule has 0 bridgehead atoms. The van der Waals surface area contributed by atoms with E-state index in [9.17, 15) is 18.0 Å². The fourth-order valence-electron chi connectivity index (χ4n) is 4.11. The highest BCUT2D eigenvalue weighted by Crippen LogP contribution is 2.38. The van der Waals surface area contributed by atoms with Gasteiger partial charge in [0.15, 0.2) is 0 Å². The highest BCUT2D eigenvalue weighted by Gasteiger charge is 2.29. The molecule has 1 N–H and O–H groups in total. The number of anilines is 1. The van der Waals surface area contributed by atoms with Gasteiger partial charge in [-0.2, -0.15) is 4.31 Å². The van der Waals surface area contributed by atoms with Gasteiger partial charge in [0, 0.05) is 64.9 Å². The van der Waals surface area contributed by atoms with Crippen molar-refractivity contribution in [2.45, 2.75) is 24.8 Å².